The van der Waals surface area contributed by atoms with E-state index in [4.69, 9.17) is 0 Å². The maximum Gasteiger partial charge on any atom is 0.239 e. The Labute approximate surface area is 150 Å². The van der Waals surface area contributed by atoms with E-state index in [-0.39, 0.29) is 5.91 Å². The van der Waals surface area contributed by atoms with Crippen molar-refractivity contribution in [1.29, 1.82) is 0 Å². The Balaban J connectivity index is 1.56. The van der Waals surface area contributed by atoms with Crippen LogP contribution in [0.15, 0.2) is 54.9 Å². The third-order valence-electron chi connectivity index (χ3n) is 4.90. The number of amides is 1. The summed E-state index contributed by atoms with van der Waals surface area (Å²) in [7, 11) is 0. The third-order valence-corrected chi connectivity index (χ3v) is 4.90. The lowest BCUT2D eigenvalue weighted by Crippen LogP contribution is -2.37. The standard InChI is InChI=1S/C21H27N3O/c25-21(23-14-12-18-7-4-5-8-18)17-24(20-10-2-1-3-11-20)16-19-9-6-13-22-15-19/h1-3,6,9-11,13,15,18H,4-5,7-8,12,14,16-17H2,(H,23,25). The molecule has 1 heterocycles. The van der Waals surface area contributed by atoms with Crippen LogP contribution in [0.1, 0.15) is 37.7 Å². The minimum Gasteiger partial charge on any atom is -0.358 e. The van der Waals surface area contributed by atoms with Crippen molar-refractivity contribution in [1.82, 2.24) is 10.3 Å². The first-order valence-corrected chi connectivity index (χ1v) is 9.27. The van der Waals surface area contributed by atoms with Crippen molar-refractivity contribution in [2.45, 2.75) is 38.6 Å². The fraction of sp³-hybridized carbons (Fsp3) is 0.429. The highest BCUT2D eigenvalue weighted by atomic mass is 16.2. The van der Waals surface area contributed by atoms with E-state index in [9.17, 15) is 4.79 Å². The maximum absolute atomic E-state index is 12.4. The molecule has 0 bridgehead atoms. The number of carbonyl (C=O) groups excluding carboxylic acids is 1. The van der Waals surface area contributed by atoms with Gasteiger partial charge in [-0.1, -0.05) is 49.9 Å². The average Bonchev–Trinajstić information content (AvgIpc) is 3.16. The molecule has 4 heteroatoms. The molecule has 0 radical (unpaired) electrons. The largest absolute Gasteiger partial charge is 0.358 e. The van der Waals surface area contributed by atoms with Crippen molar-refractivity contribution < 1.29 is 4.79 Å². The molecule has 1 aliphatic carbocycles. The van der Waals surface area contributed by atoms with Gasteiger partial charge in [0.2, 0.25) is 5.91 Å². The highest BCUT2D eigenvalue weighted by Crippen LogP contribution is 2.26. The number of aromatic nitrogens is 1. The maximum atomic E-state index is 12.4. The van der Waals surface area contributed by atoms with Crippen molar-refractivity contribution in [2.24, 2.45) is 5.92 Å². The van der Waals surface area contributed by atoms with E-state index in [0.29, 0.717) is 13.1 Å². The summed E-state index contributed by atoms with van der Waals surface area (Å²) in [6.07, 6.45) is 10.1. The molecule has 1 aromatic heterocycles. The summed E-state index contributed by atoms with van der Waals surface area (Å²) in [5.74, 6) is 0.895. The number of nitrogens with one attached hydrogen (secondary N) is 1. The van der Waals surface area contributed by atoms with Crippen molar-refractivity contribution in [2.75, 3.05) is 18.0 Å². The Kier molecular flexibility index (Phi) is 6.43. The van der Waals surface area contributed by atoms with Crippen molar-refractivity contribution >= 4 is 11.6 Å². The number of para-hydroxylation sites is 1. The van der Waals surface area contributed by atoms with Gasteiger partial charge in [0, 0.05) is 31.2 Å². The molecule has 1 N–H and O–H groups in total. The lowest BCUT2D eigenvalue weighted by Gasteiger charge is -2.24. The summed E-state index contributed by atoms with van der Waals surface area (Å²) < 4.78 is 0. The molecule has 4 nitrogen and oxygen atoms in total. The molecule has 2 aromatic rings. The fourth-order valence-electron chi connectivity index (χ4n) is 3.53. The van der Waals surface area contributed by atoms with E-state index < -0.39 is 0 Å². The molecule has 1 saturated carbocycles. The second-order valence-electron chi connectivity index (χ2n) is 6.84. The number of carbonyl (C=O) groups is 1. The van der Waals surface area contributed by atoms with Crippen LogP contribution in [-0.4, -0.2) is 24.0 Å². The Hall–Kier alpha value is -2.36. The number of rotatable bonds is 8. The zero-order chi connectivity index (χ0) is 17.3. The number of nitrogens with zero attached hydrogens (tertiary/aromatic N) is 2. The molecule has 3 rings (SSSR count). The first-order valence-electron chi connectivity index (χ1n) is 9.27. The van der Waals surface area contributed by atoms with E-state index in [1.807, 2.05) is 48.7 Å². The number of benzene rings is 1. The second kappa shape index (κ2) is 9.21. The van der Waals surface area contributed by atoms with Crippen LogP contribution in [0.4, 0.5) is 5.69 Å². The SMILES string of the molecule is O=C(CN(Cc1cccnc1)c1ccccc1)NCCC1CCCC1. The summed E-state index contributed by atoms with van der Waals surface area (Å²) in [6, 6.07) is 14.1. The van der Waals surface area contributed by atoms with Gasteiger partial charge in [-0.25, -0.2) is 0 Å². The monoisotopic (exact) mass is 337 g/mol. The van der Waals surface area contributed by atoms with E-state index in [2.05, 4.69) is 15.2 Å². The molecule has 25 heavy (non-hydrogen) atoms. The smallest absolute Gasteiger partial charge is 0.239 e. The number of anilines is 1. The van der Waals surface area contributed by atoms with E-state index in [1.165, 1.54) is 25.7 Å². The molecule has 0 atom stereocenters. The van der Waals surface area contributed by atoms with Crippen molar-refractivity contribution in [3.8, 4) is 0 Å². The van der Waals surface area contributed by atoms with Crippen molar-refractivity contribution in [3.05, 3.63) is 60.4 Å². The van der Waals surface area contributed by atoms with E-state index in [1.54, 1.807) is 6.20 Å². The molecule has 0 aliphatic heterocycles. The topological polar surface area (TPSA) is 45.2 Å². The number of hydrogen-bond acceptors (Lipinski definition) is 3. The minimum atomic E-state index is 0.0886. The Morgan fingerprint density at radius 3 is 2.64 bits per heavy atom. The van der Waals surface area contributed by atoms with E-state index >= 15 is 0 Å². The molecule has 132 valence electrons. The van der Waals surface area contributed by atoms with Crippen LogP contribution in [0.2, 0.25) is 0 Å². The summed E-state index contributed by atoms with van der Waals surface area (Å²) in [6.45, 7) is 1.83. The highest BCUT2D eigenvalue weighted by molar-refractivity contribution is 5.81. The molecular weight excluding hydrogens is 310 g/mol. The summed E-state index contributed by atoms with van der Waals surface area (Å²) in [5.41, 5.74) is 2.16. The van der Waals surface area contributed by atoms with Gasteiger partial charge >= 0.3 is 0 Å². The molecule has 0 spiro atoms. The average molecular weight is 337 g/mol. The summed E-state index contributed by atoms with van der Waals surface area (Å²) in [5, 5.41) is 3.10. The zero-order valence-corrected chi connectivity index (χ0v) is 14.7. The molecule has 0 unspecified atom stereocenters. The third kappa shape index (κ3) is 5.59. The van der Waals surface area contributed by atoms with Crippen LogP contribution in [-0.2, 0) is 11.3 Å². The first-order chi connectivity index (χ1) is 12.3. The van der Waals surface area contributed by atoms with Gasteiger partial charge in [0.1, 0.15) is 0 Å². The Bertz CT molecular complexity index is 639. The van der Waals surface area contributed by atoms with Gasteiger partial charge in [-0.3, -0.25) is 9.78 Å². The Morgan fingerprint density at radius 1 is 1.12 bits per heavy atom. The quantitative estimate of drug-likeness (QED) is 0.797. The lowest BCUT2D eigenvalue weighted by atomic mass is 10.0. The fourth-order valence-corrected chi connectivity index (χ4v) is 3.53. The van der Waals surface area contributed by atoms with Crippen LogP contribution < -0.4 is 10.2 Å². The molecule has 1 fully saturated rings. The van der Waals surface area contributed by atoms with Gasteiger partial charge in [-0.2, -0.15) is 0 Å². The van der Waals surface area contributed by atoms with Gasteiger partial charge in [-0.05, 0) is 36.1 Å². The molecular formula is C21H27N3O. The van der Waals surface area contributed by atoms with Crippen LogP contribution in [0.3, 0.4) is 0 Å². The first kappa shape index (κ1) is 17.5. The Morgan fingerprint density at radius 2 is 1.92 bits per heavy atom. The van der Waals surface area contributed by atoms with E-state index in [0.717, 1.165) is 30.1 Å². The zero-order valence-electron chi connectivity index (χ0n) is 14.7. The highest BCUT2D eigenvalue weighted by Gasteiger charge is 2.16. The predicted octanol–water partition coefficient (Wildman–Crippen LogP) is 3.78. The van der Waals surface area contributed by atoms with Crippen molar-refractivity contribution in [3.63, 3.8) is 0 Å². The molecule has 0 saturated heterocycles. The van der Waals surface area contributed by atoms with Gasteiger partial charge in [0.05, 0.1) is 6.54 Å². The minimum absolute atomic E-state index is 0.0886. The summed E-state index contributed by atoms with van der Waals surface area (Å²) in [4.78, 5) is 18.7. The predicted molar refractivity (Wildman–Crippen MR) is 101 cm³/mol. The summed E-state index contributed by atoms with van der Waals surface area (Å²) >= 11 is 0. The van der Waals surface area contributed by atoms with Crippen LogP contribution in [0, 0.1) is 5.92 Å². The number of pyridine rings is 1. The number of hydrogen-bond donors (Lipinski definition) is 1. The van der Waals surface area contributed by atoms with Crippen LogP contribution in [0.25, 0.3) is 0 Å². The lowest BCUT2D eigenvalue weighted by molar-refractivity contribution is -0.119. The van der Waals surface area contributed by atoms with Crippen LogP contribution in [0.5, 0.6) is 0 Å². The second-order valence-corrected chi connectivity index (χ2v) is 6.84. The molecule has 1 amide bonds. The van der Waals surface area contributed by atoms with Gasteiger partial charge < -0.3 is 10.2 Å². The van der Waals surface area contributed by atoms with Gasteiger partial charge in [0.25, 0.3) is 0 Å². The molecule has 1 aromatic carbocycles. The van der Waals surface area contributed by atoms with Crippen LogP contribution >= 0.6 is 0 Å². The van der Waals surface area contributed by atoms with Gasteiger partial charge in [0.15, 0.2) is 0 Å². The normalized spacial score (nSPS) is 14.4. The van der Waals surface area contributed by atoms with Gasteiger partial charge in [-0.15, -0.1) is 0 Å². The molecule has 1 aliphatic rings.